The minimum absolute atomic E-state index is 0.100. The van der Waals surface area contributed by atoms with Gasteiger partial charge in [-0.25, -0.2) is 9.97 Å². The molecule has 0 aliphatic carbocycles. The smallest absolute Gasteiger partial charge is 0.251 e. The summed E-state index contributed by atoms with van der Waals surface area (Å²) in [6.07, 6.45) is 3.44. The number of aromatic nitrogens is 3. The Labute approximate surface area is 262 Å². The van der Waals surface area contributed by atoms with Crippen molar-refractivity contribution in [1.29, 1.82) is 0 Å². The van der Waals surface area contributed by atoms with E-state index in [2.05, 4.69) is 50.4 Å². The van der Waals surface area contributed by atoms with E-state index in [1.807, 2.05) is 66.7 Å². The molecule has 3 aromatic carbocycles. The van der Waals surface area contributed by atoms with Crippen LogP contribution in [0.5, 0.6) is 5.75 Å². The molecule has 5 aromatic rings. The highest BCUT2D eigenvalue weighted by atomic mass is 32.2. The van der Waals surface area contributed by atoms with E-state index in [9.17, 15) is 4.79 Å². The lowest BCUT2D eigenvalue weighted by molar-refractivity contribution is 0.0951. The Morgan fingerprint density at radius 3 is 2.23 bits per heavy atom. The zero-order valence-electron chi connectivity index (χ0n) is 24.6. The number of ether oxygens (including phenoxy) is 1. The molecule has 0 radical (unpaired) electrons. The summed E-state index contributed by atoms with van der Waals surface area (Å²) < 4.78 is 5.32. The molecule has 0 spiro atoms. The standard InChI is InChI=1S/C35H34N6O2S/c1-43-31-13-11-30(12-14-31)40-19-21-41(22-20-40)33-23-32(28-5-3-2-4-6-28)38-35(39-33)44-25-27-7-9-29(10-8-27)34(42)37-24-26-15-17-36-18-16-26/h2-18,23H,19-22,24-25H2,1H3,(H,37,42). The van der Waals surface area contributed by atoms with E-state index >= 15 is 0 Å². The number of anilines is 2. The van der Waals surface area contributed by atoms with Crippen molar-refractivity contribution in [3.05, 3.63) is 126 Å². The highest BCUT2D eigenvalue weighted by Crippen LogP contribution is 2.29. The number of piperazine rings is 1. The van der Waals surface area contributed by atoms with Crippen LogP contribution in [0.1, 0.15) is 21.5 Å². The Morgan fingerprint density at radius 1 is 0.818 bits per heavy atom. The molecule has 0 unspecified atom stereocenters. The first-order chi connectivity index (χ1) is 21.6. The van der Waals surface area contributed by atoms with E-state index in [0.717, 1.165) is 65.3 Å². The molecule has 0 bridgehead atoms. The summed E-state index contributed by atoms with van der Waals surface area (Å²) in [6, 6.07) is 32.1. The number of nitrogens with one attached hydrogen (secondary N) is 1. The minimum Gasteiger partial charge on any atom is -0.497 e. The molecule has 44 heavy (non-hydrogen) atoms. The van der Waals surface area contributed by atoms with Crippen molar-refractivity contribution in [3.63, 3.8) is 0 Å². The van der Waals surface area contributed by atoms with Crippen molar-refractivity contribution >= 4 is 29.2 Å². The molecule has 3 heterocycles. The van der Waals surface area contributed by atoms with Crippen LogP contribution in [0.2, 0.25) is 0 Å². The van der Waals surface area contributed by atoms with Crippen molar-refractivity contribution in [1.82, 2.24) is 20.3 Å². The summed E-state index contributed by atoms with van der Waals surface area (Å²) in [5.74, 6) is 2.40. The number of amides is 1. The summed E-state index contributed by atoms with van der Waals surface area (Å²) in [5.41, 5.74) is 5.92. The Balaban J connectivity index is 1.12. The molecule has 1 fully saturated rings. The second-order valence-corrected chi connectivity index (χ2v) is 11.4. The Hall–Kier alpha value is -4.89. The number of benzene rings is 3. The van der Waals surface area contributed by atoms with Gasteiger partial charge in [-0.05, 0) is 59.7 Å². The predicted octanol–water partition coefficient (Wildman–Crippen LogP) is 6.10. The maximum absolute atomic E-state index is 12.6. The van der Waals surface area contributed by atoms with Gasteiger partial charge in [-0.1, -0.05) is 54.2 Å². The van der Waals surface area contributed by atoms with Crippen LogP contribution >= 0.6 is 11.8 Å². The fourth-order valence-electron chi connectivity index (χ4n) is 5.07. The maximum Gasteiger partial charge on any atom is 0.251 e. The molecule has 8 nitrogen and oxygen atoms in total. The molecular weight excluding hydrogens is 568 g/mol. The highest BCUT2D eigenvalue weighted by Gasteiger charge is 2.20. The number of methoxy groups -OCH3 is 1. The number of rotatable bonds is 10. The summed E-state index contributed by atoms with van der Waals surface area (Å²) in [7, 11) is 1.69. The van der Waals surface area contributed by atoms with E-state index in [1.165, 1.54) is 5.69 Å². The molecule has 0 atom stereocenters. The third-order valence-electron chi connectivity index (χ3n) is 7.59. The van der Waals surface area contributed by atoms with E-state index in [0.29, 0.717) is 17.9 Å². The molecule has 0 saturated carbocycles. The third kappa shape index (κ3) is 7.36. The van der Waals surface area contributed by atoms with Gasteiger partial charge in [0, 0.05) is 73.8 Å². The first kappa shape index (κ1) is 29.2. The van der Waals surface area contributed by atoms with Crippen LogP contribution in [0.15, 0.2) is 115 Å². The minimum atomic E-state index is -0.100. The third-order valence-corrected chi connectivity index (χ3v) is 8.51. The van der Waals surface area contributed by atoms with E-state index in [1.54, 1.807) is 31.3 Å². The van der Waals surface area contributed by atoms with Gasteiger partial charge in [0.05, 0.1) is 12.8 Å². The van der Waals surface area contributed by atoms with E-state index < -0.39 is 0 Å². The van der Waals surface area contributed by atoms with Crippen LogP contribution in [-0.2, 0) is 12.3 Å². The maximum atomic E-state index is 12.6. The van der Waals surface area contributed by atoms with E-state index in [-0.39, 0.29) is 5.91 Å². The average molecular weight is 603 g/mol. The summed E-state index contributed by atoms with van der Waals surface area (Å²) in [6.45, 7) is 4.01. The van der Waals surface area contributed by atoms with Gasteiger partial charge in [0.15, 0.2) is 5.16 Å². The van der Waals surface area contributed by atoms with Crippen molar-refractivity contribution in [2.45, 2.75) is 17.5 Å². The van der Waals surface area contributed by atoms with Crippen LogP contribution in [0.25, 0.3) is 11.3 Å². The van der Waals surface area contributed by atoms with Crippen molar-refractivity contribution in [2.24, 2.45) is 0 Å². The molecule has 1 amide bonds. The van der Waals surface area contributed by atoms with Crippen molar-refractivity contribution in [3.8, 4) is 17.0 Å². The SMILES string of the molecule is COc1ccc(N2CCN(c3cc(-c4ccccc4)nc(SCc4ccc(C(=O)NCc5ccncc5)cc4)n3)CC2)cc1. The second kappa shape index (κ2) is 14.1. The number of hydrogen-bond acceptors (Lipinski definition) is 8. The van der Waals surface area contributed by atoms with Crippen molar-refractivity contribution in [2.75, 3.05) is 43.1 Å². The zero-order valence-corrected chi connectivity index (χ0v) is 25.4. The zero-order chi connectivity index (χ0) is 30.1. The molecule has 1 saturated heterocycles. The molecule has 222 valence electrons. The number of thioether (sulfide) groups is 1. The normalized spacial score (nSPS) is 13.0. The Kier molecular flexibility index (Phi) is 9.32. The summed E-state index contributed by atoms with van der Waals surface area (Å²) in [4.78, 5) is 31.3. The first-order valence-corrected chi connectivity index (χ1v) is 15.6. The van der Waals surface area contributed by atoms with Gasteiger partial charge in [-0.3, -0.25) is 9.78 Å². The van der Waals surface area contributed by atoms with E-state index in [4.69, 9.17) is 14.7 Å². The summed E-state index contributed by atoms with van der Waals surface area (Å²) in [5, 5.41) is 3.70. The van der Waals surface area contributed by atoms with Gasteiger partial charge in [-0.15, -0.1) is 0 Å². The summed E-state index contributed by atoms with van der Waals surface area (Å²) >= 11 is 1.61. The topological polar surface area (TPSA) is 83.5 Å². The lowest BCUT2D eigenvalue weighted by Crippen LogP contribution is -2.46. The van der Waals surface area contributed by atoms with Gasteiger partial charge in [0.25, 0.3) is 5.91 Å². The number of carbonyl (C=O) groups is 1. The molecule has 6 rings (SSSR count). The monoisotopic (exact) mass is 602 g/mol. The van der Waals surface area contributed by atoms with Crippen LogP contribution in [0.4, 0.5) is 11.5 Å². The molecular formula is C35H34N6O2S. The predicted molar refractivity (Wildman–Crippen MR) is 176 cm³/mol. The number of nitrogens with zero attached hydrogens (tertiary/aromatic N) is 5. The highest BCUT2D eigenvalue weighted by molar-refractivity contribution is 7.98. The van der Waals surface area contributed by atoms with Gasteiger partial charge < -0.3 is 19.9 Å². The first-order valence-electron chi connectivity index (χ1n) is 14.6. The van der Waals surface area contributed by atoms with Gasteiger partial charge in [0.2, 0.25) is 0 Å². The fourth-order valence-corrected chi connectivity index (χ4v) is 5.88. The lowest BCUT2D eigenvalue weighted by atomic mass is 10.1. The van der Waals surface area contributed by atoms with Crippen molar-refractivity contribution < 1.29 is 9.53 Å². The quantitative estimate of drug-likeness (QED) is 0.152. The molecule has 9 heteroatoms. The number of carbonyl (C=O) groups excluding carboxylic acids is 1. The largest absolute Gasteiger partial charge is 0.497 e. The van der Waals surface area contributed by atoms with Gasteiger partial charge >= 0.3 is 0 Å². The van der Waals surface area contributed by atoms with Crippen LogP contribution in [-0.4, -0.2) is 54.1 Å². The fraction of sp³-hybridized carbons (Fsp3) is 0.200. The second-order valence-electron chi connectivity index (χ2n) is 10.5. The van der Waals surface area contributed by atoms with Crippen LogP contribution < -0.4 is 19.9 Å². The van der Waals surface area contributed by atoms with Crippen LogP contribution in [0, 0.1) is 0 Å². The average Bonchev–Trinajstić information content (AvgIpc) is 3.11. The molecule has 2 aromatic heterocycles. The lowest BCUT2D eigenvalue weighted by Gasteiger charge is -2.37. The number of hydrogen-bond donors (Lipinski definition) is 1. The molecule has 1 aliphatic heterocycles. The number of pyridine rings is 1. The molecule has 1 N–H and O–H groups in total. The Bertz CT molecular complexity index is 1660. The van der Waals surface area contributed by atoms with Crippen LogP contribution in [0.3, 0.4) is 0 Å². The molecule has 1 aliphatic rings. The van der Waals surface area contributed by atoms with Gasteiger partial charge in [0.1, 0.15) is 11.6 Å². The van der Waals surface area contributed by atoms with Gasteiger partial charge in [-0.2, -0.15) is 0 Å². The Morgan fingerprint density at radius 2 is 1.52 bits per heavy atom.